The second-order valence-electron chi connectivity index (χ2n) is 4.41. The summed E-state index contributed by atoms with van der Waals surface area (Å²) in [5.74, 6) is -0.161. The molecular weight excluding hydrogens is 311 g/mol. The van der Waals surface area contributed by atoms with Gasteiger partial charge >= 0.3 is 0 Å². The van der Waals surface area contributed by atoms with E-state index in [-0.39, 0.29) is 12.4 Å². The number of nitrogens with zero attached hydrogens (tertiary/aromatic N) is 1. The monoisotopic (exact) mass is 320 g/mol. The normalized spacial score (nSPS) is 12.6. The number of hydrogen-bond acceptors (Lipinski definition) is 4. The average Bonchev–Trinajstić information content (AvgIpc) is 2.94. The molecule has 0 saturated heterocycles. The number of hydrogen-bond donors (Lipinski definition) is 1. The zero-order chi connectivity index (χ0) is 15.5. The minimum Gasteiger partial charge on any atom is -0.454 e. The van der Waals surface area contributed by atoms with E-state index in [9.17, 15) is 9.18 Å². The van der Waals surface area contributed by atoms with Crippen LogP contribution < -0.4 is 14.9 Å². The van der Waals surface area contributed by atoms with Crippen LogP contribution in [0.4, 0.5) is 4.39 Å². The van der Waals surface area contributed by atoms with Crippen LogP contribution >= 0.6 is 11.6 Å². The summed E-state index contributed by atoms with van der Waals surface area (Å²) in [6.45, 7) is 0.135. The molecule has 112 valence electrons. The molecule has 0 fully saturated rings. The Morgan fingerprint density at radius 2 is 2.00 bits per heavy atom. The van der Waals surface area contributed by atoms with Crippen molar-refractivity contribution in [1.29, 1.82) is 0 Å². The van der Waals surface area contributed by atoms with Gasteiger partial charge in [-0.05, 0) is 18.2 Å². The lowest BCUT2D eigenvalue weighted by Crippen LogP contribution is -2.18. The Labute approximate surface area is 130 Å². The van der Waals surface area contributed by atoms with E-state index in [4.69, 9.17) is 21.1 Å². The number of fused-ring (bicyclic) bond motifs is 1. The molecule has 0 saturated carbocycles. The van der Waals surface area contributed by atoms with Crippen LogP contribution in [0.1, 0.15) is 15.9 Å². The topological polar surface area (TPSA) is 59.9 Å². The van der Waals surface area contributed by atoms with Crippen molar-refractivity contribution in [3.05, 3.63) is 58.4 Å². The number of ether oxygens (including phenoxy) is 2. The van der Waals surface area contributed by atoms with E-state index in [1.165, 1.54) is 24.4 Å². The van der Waals surface area contributed by atoms with Crippen LogP contribution in [0, 0.1) is 5.82 Å². The number of nitrogens with one attached hydrogen (secondary N) is 1. The van der Waals surface area contributed by atoms with Gasteiger partial charge in [0.1, 0.15) is 5.82 Å². The highest BCUT2D eigenvalue weighted by atomic mass is 35.5. The molecule has 1 heterocycles. The maximum Gasteiger partial charge on any atom is 0.274 e. The number of benzene rings is 2. The van der Waals surface area contributed by atoms with Crippen molar-refractivity contribution < 1.29 is 18.7 Å². The van der Waals surface area contributed by atoms with Gasteiger partial charge in [0.2, 0.25) is 6.79 Å². The molecule has 2 aromatic carbocycles. The van der Waals surface area contributed by atoms with E-state index >= 15 is 0 Å². The molecule has 2 aromatic rings. The van der Waals surface area contributed by atoms with E-state index in [1.807, 2.05) is 0 Å². The van der Waals surface area contributed by atoms with Crippen molar-refractivity contribution in [3.8, 4) is 11.5 Å². The van der Waals surface area contributed by atoms with Gasteiger partial charge in [-0.2, -0.15) is 5.10 Å². The Hall–Kier alpha value is -2.60. The molecule has 0 unspecified atom stereocenters. The first-order chi connectivity index (χ1) is 10.6. The van der Waals surface area contributed by atoms with Gasteiger partial charge in [0.05, 0.1) is 16.8 Å². The Kier molecular flexibility index (Phi) is 3.93. The molecule has 0 radical (unpaired) electrons. The molecule has 1 aliphatic heterocycles. The van der Waals surface area contributed by atoms with Crippen molar-refractivity contribution in [2.45, 2.75) is 0 Å². The molecule has 1 N–H and O–H groups in total. The molecule has 0 bridgehead atoms. The van der Waals surface area contributed by atoms with Crippen LogP contribution in [0.3, 0.4) is 0 Å². The molecule has 22 heavy (non-hydrogen) atoms. The third-order valence-corrected chi connectivity index (χ3v) is 3.31. The fraction of sp³-hybridized carbons (Fsp3) is 0.0667. The molecule has 1 amide bonds. The Balaban J connectivity index is 1.73. The maximum atomic E-state index is 13.4. The lowest BCUT2D eigenvalue weighted by molar-refractivity contribution is 0.0951. The standard InChI is InChI=1S/C15H10ClFN2O3/c16-11-6-14-13(21-8-22-14)5-9(11)7-18-19-15(20)10-3-1-2-4-12(10)17/h1-7H,8H2,(H,19,20)/b18-7+. The lowest BCUT2D eigenvalue weighted by atomic mass is 10.2. The first-order valence-corrected chi connectivity index (χ1v) is 6.70. The second kappa shape index (κ2) is 6.03. The zero-order valence-electron chi connectivity index (χ0n) is 11.2. The SMILES string of the molecule is O=C(N/N=C/c1cc2c(cc1Cl)OCO2)c1ccccc1F. The molecule has 0 atom stereocenters. The Morgan fingerprint density at radius 3 is 2.77 bits per heavy atom. The lowest BCUT2D eigenvalue weighted by Gasteiger charge is -2.02. The van der Waals surface area contributed by atoms with Crippen LogP contribution in [-0.4, -0.2) is 18.9 Å². The first-order valence-electron chi connectivity index (χ1n) is 6.32. The molecule has 5 nitrogen and oxygen atoms in total. The van der Waals surface area contributed by atoms with Gasteiger partial charge in [-0.3, -0.25) is 4.79 Å². The largest absolute Gasteiger partial charge is 0.454 e. The Morgan fingerprint density at radius 1 is 1.27 bits per heavy atom. The van der Waals surface area contributed by atoms with E-state index in [0.29, 0.717) is 22.1 Å². The van der Waals surface area contributed by atoms with Crippen molar-refractivity contribution >= 4 is 23.7 Å². The quantitative estimate of drug-likeness (QED) is 0.698. The van der Waals surface area contributed by atoms with Gasteiger partial charge in [-0.25, -0.2) is 9.82 Å². The average molecular weight is 321 g/mol. The highest BCUT2D eigenvalue weighted by Crippen LogP contribution is 2.36. The second-order valence-corrected chi connectivity index (χ2v) is 4.81. The molecule has 0 aromatic heterocycles. The van der Waals surface area contributed by atoms with E-state index < -0.39 is 11.7 Å². The fourth-order valence-corrected chi connectivity index (χ4v) is 2.10. The van der Waals surface area contributed by atoms with Gasteiger partial charge in [0, 0.05) is 11.6 Å². The van der Waals surface area contributed by atoms with Crippen LogP contribution in [-0.2, 0) is 0 Å². The summed E-state index contributed by atoms with van der Waals surface area (Å²) < 4.78 is 23.9. The van der Waals surface area contributed by atoms with Crippen molar-refractivity contribution in [2.75, 3.05) is 6.79 Å². The van der Waals surface area contributed by atoms with Crippen molar-refractivity contribution in [2.24, 2.45) is 5.10 Å². The molecule has 0 spiro atoms. The minimum atomic E-state index is -0.647. The minimum absolute atomic E-state index is 0.0866. The van der Waals surface area contributed by atoms with E-state index in [0.717, 1.165) is 0 Å². The van der Waals surface area contributed by atoms with E-state index in [2.05, 4.69) is 10.5 Å². The van der Waals surface area contributed by atoms with Crippen molar-refractivity contribution in [1.82, 2.24) is 5.43 Å². The number of halogens is 2. The summed E-state index contributed by atoms with van der Waals surface area (Å²) in [6, 6.07) is 8.88. The molecular formula is C15H10ClFN2O3. The van der Waals surface area contributed by atoms with Gasteiger partial charge in [-0.15, -0.1) is 0 Å². The van der Waals surface area contributed by atoms with Gasteiger partial charge in [-0.1, -0.05) is 23.7 Å². The maximum absolute atomic E-state index is 13.4. The van der Waals surface area contributed by atoms with Crippen LogP contribution in [0.25, 0.3) is 0 Å². The number of hydrazone groups is 1. The van der Waals surface area contributed by atoms with Crippen LogP contribution in [0.5, 0.6) is 11.5 Å². The summed E-state index contributed by atoms with van der Waals surface area (Å²) in [4.78, 5) is 11.8. The van der Waals surface area contributed by atoms with Crippen LogP contribution in [0.2, 0.25) is 5.02 Å². The van der Waals surface area contributed by atoms with Gasteiger partial charge < -0.3 is 9.47 Å². The van der Waals surface area contributed by atoms with E-state index in [1.54, 1.807) is 18.2 Å². The summed E-state index contributed by atoms with van der Waals surface area (Å²) in [7, 11) is 0. The molecule has 7 heteroatoms. The highest BCUT2D eigenvalue weighted by Gasteiger charge is 2.16. The van der Waals surface area contributed by atoms with Crippen molar-refractivity contribution in [3.63, 3.8) is 0 Å². The highest BCUT2D eigenvalue weighted by molar-refractivity contribution is 6.33. The van der Waals surface area contributed by atoms with Crippen LogP contribution in [0.15, 0.2) is 41.5 Å². The summed E-state index contributed by atoms with van der Waals surface area (Å²) >= 11 is 6.07. The predicted octanol–water partition coefficient (Wildman–Crippen LogP) is 2.97. The number of amides is 1. The number of carbonyl (C=O) groups is 1. The van der Waals surface area contributed by atoms with Gasteiger partial charge in [0.15, 0.2) is 11.5 Å². The Bertz CT molecular complexity index is 764. The third kappa shape index (κ3) is 2.87. The van der Waals surface area contributed by atoms with Gasteiger partial charge in [0.25, 0.3) is 5.91 Å². The number of rotatable bonds is 3. The summed E-state index contributed by atoms with van der Waals surface area (Å²) in [5.41, 5.74) is 2.70. The molecule has 0 aliphatic carbocycles. The smallest absolute Gasteiger partial charge is 0.274 e. The molecule has 1 aliphatic rings. The fourth-order valence-electron chi connectivity index (χ4n) is 1.90. The summed E-state index contributed by atoms with van der Waals surface area (Å²) in [6.07, 6.45) is 1.35. The third-order valence-electron chi connectivity index (χ3n) is 2.98. The predicted molar refractivity (Wildman–Crippen MR) is 79.0 cm³/mol. The zero-order valence-corrected chi connectivity index (χ0v) is 11.9. The first kappa shape index (κ1) is 14.3. The molecule has 3 rings (SSSR count). The number of carbonyl (C=O) groups excluding carboxylic acids is 1. The summed E-state index contributed by atoms with van der Waals surface area (Å²) in [5, 5.41) is 4.17.